The molecule has 0 radical (unpaired) electrons. The number of hydrogen-bond acceptors (Lipinski definition) is 3. The molecule has 2 aliphatic rings. The second-order valence-electron chi connectivity index (χ2n) is 4.33. The van der Waals surface area contributed by atoms with E-state index in [0.717, 1.165) is 19.5 Å². The molecule has 2 heterocycles. The predicted molar refractivity (Wildman–Crippen MR) is 71.0 cm³/mol. The van der Waals surface area contributed by atoms with Gasteiger partial charge in [-0.2, -0.15) is 0 Å². The molecular formula is C13H28N2O2. The minimum atomic E-state index is 0.250. The third-order valence-corrected chi connectivity index (χ3v) is 2.75. The van der Waals surface area contributed by atoms with Gasteiger partial charge in [0.05, 0.1) is 0 Å². The lowest BCUT2D eigenvalue weighted by Gasteiger charge is -2.21. The molecule has 4 heteroatoms. The summed E-state index contributed by atoms with van der Waals surface area (Å²) < 4.78 is 0. The molecule has 0 saturated carbocycles. The van der Waals surface area contributed by atoms with Gasteiger partial charge in [0.1, 0.15) is 0 Å². The first-order chi connectivity index (χ1) is 8.35. The molecule has 4 nitrogen and oxygen atoms in total. The summed E-state index contributed by atoms with van der Waals surface area (Å²) in [5, 5.41) is 10.9. The van der Waals surface area contributed by atoms with Crippen molar-refractivity contribution < 1.29 is 9.90 Å². The van der Waals surface area contributed by atoms with Gasteiger partial charge < -0.3 is 15.3 Å². The number of carbonyl (C=O) groups excluding carboxylic acids is 1. The van der Waals surface area contributed by atoms with Crippen molar-refractivity contribution in [3.63, 3.8) is 0 Å². The van der Waals surface area contributed by atoms with Crippen LogP contribution in [0.15, 0.2) is 0 Å². The normalized spacial score (nSPS) is 19.3. The summed E-state index contributed by atoms with van der Waals surface area (Å²) in [7, 11) is 0. The maximum absolute atomic E-state index is 10.1. The third-order valence-electron chi connectivity index (χ3n) is 2.75. The molecule has 2 N–H and O–H groups in total. The first kappa shape index (κ1) is 16.4. The summed E-state index contributed by atoms with van der Waals surface area (Å²) in [6.45, 7) is 6.38. The summed E-state index contributed by atoms with van der Waals surface area (Å²) >= 11 is 0. The molecule has 2 rings (SSSR count). The molecule has 0 aliphatic carbocycles. The molecule has 0 bridgehead atoms. The molecule has 2 fully saturated rings. The zero-order valence-corrected chi connectivity index (χ0v) is 11.2. The molecular weight excluding hydrogens is 216 g/mol. The Kier molecular flexibility index (Phi) is 13.0. The van der Waals surface area contributed by atoms with Gasteiger partial charge in [-0.3, -0.25) is 4.79 Å². The van der Waals surface area contributed by atoms with Crippen LogP contribution in [-0.4, -0.2) is 49.2 Å². The fraction of sp³-hybridized carbons (Fsp3) is 0.923. The molecule has 0 atom stereocenters. The molecule has 0 unspecified atom stereocenters. The van der Waals surface area contributed by atoms with E-state index < -0.39 is 0 Å². The number of nitrogens with one attached hydrogen (secondary N) is 1. The van der Waals surface area contributed by atoms with Crippen LogP contribution in [0.2, 0.25) is 0 Å². The van der Waals surface area contributed by atoms with Gasteiger partial charge >= 0.3 is 0 Å². The van der Waals surface area contributed by atoms with Crippen molar-refractivity contribution in [3.8, 4) is 0 Å². The smallest absolute Gasteiger partial charge is 0.209 e. The first-order valence-electron chi connectivity index (χ1n) is 6.86. The van der Waals surface area contributed by atoms with Crippen LogP contribution in [-0.2, 0) is 4.79 Å². The predicted octanol–water partition coefficient (Wildman–Crippen LogP) is 1.39. The van der Waals surface area contributed by atoms with Crippen molar-refractivity contribution in [3.05, 3.63) is 0 Å². The van der Waals surface area contributed by atoms with Crippen LogP contribution < -0.4 is 5.32 Å². The average molecular weight is 244 g/mol. The van der Waals surface area contributed by atoms with Crippen molar-refractivity contribution in [2.45, 2.75) is 45.4 Å². The minimum absolute atomic E-state index is 0.250. The molecule has 2 aliphatic heterocycles. The van der Waals surface area contributed by atoms with Crippen LogP contribution >= 0.6 is 0 Å². The van der Waals surface area contributed by atoms with Crippen molar-refractivity contribution in [1.82, 2.24) is 10.2 Å². The van der Waals surface area contributed by atoms with Crippen molar-refractivity contribution in [2.75, 3.05) is 32.8 Å². The first-order valence-corrected chi connectivity index (χ1v) is 6.86. The topological polar surface area (TPSA) is 52.6 Å². The van der Waals surface area contributed by atoms with Gasteiger partial charge in [-0.25, -0.2) is 0 Å². The molecule has 1 amide bonds. The van der Waals surface area contributed by atoms with Crippen LogP contribution in [0.3, 0.4) is 0 Å². The molecule has 2 saturated heterocycles. The van der Waals surface area contributed by atoms with Gasteiger partial charge in [0.15, 0.2) is 0 Å². The second-order valence-corrected chi connectivity index (χ2v) is 4.33. The van der Waals surface area contributed by atoms with E-state index in [1.165, 1.54) is 51.6 Å². The Morgan fingerprint density at radius 2 is 1.53 bits per heavy atom. The Morgan fingerprint density at radius 3 is 1.76 bits per heavy atom. The highest BCUT2D eigenvalue weighted by atomic mass is 16.2. The van der Waals surface area contributed by atoms with Gasteiger partial charge in [-0.15, -0.1) is 0 Å². The van der Waals surface area contributed by atoms with E-state index in [1.807, 2.05) is 4.90 Å². The van der Waals surface area contributed by atoms with Crippen LogP contribution in [0.25, 0.3) is 0 Å². The van der Waals surface area contributed by atoms with E-state index in [-0.39, 0.29) is 6.61 Å². The molecule has 0 spiro atoms. The van der Waals surface area contributed by atoms with Gasteiger partial charge in [-0.05, 0) is 52.1 Å². The Hall–Kier alpha value is -0.610. The standard InChI is InChI=1S/C6H11NO.C5H11N.C2H6O/c8-6-7-4-2-1-3-5-7;1-2-4-6-5-3-1;1-2-3/h6H,1-5H2;6H,1-5H2;3H,2H2,1H3. The molecule has 0 aromatic rings. The third kappa shape index (κ3) is 11.6. The lowest BCUT2D eigenvalue weighted by atomic mass is 10.1. The number of carbonyl (C=O) groups is 1. The average Bonchev–Trinajstić information content (AvgIpc) is 2.43. The summed E-state index contributed by atoms with van der Waals surface area (Å²) in [6.07, 6.45) is 8.84. The molecule has 17 heavy (non-hydrogen) atoms. The Morgan fingerprint density at radius 1 is 1.06 bits per heavy atom. The van der Waals surface area contributed by atoms with E-state index in [2.05, 4.69) is 5.32 Å². The summed E-state index contributed by atoms with van der Waals surface area (Å²) in [5.74, 6) is 0. The fourth-order valence-electron chi connectivity index (χ4n) is 1.83. The molecule has 102 valence electrons. The number of amides is 1. The monoisotopic (exact) mass is 244 g/mol. The zero-order valence-electron chi connectivity index (χ0n) is 11.2. The number of rotatable bonds is 1. The van der Waals surface area contributed by atoms with E-state index in [0.29, 0.717) is 0 Å². The zero-order chi connectivity index (χ0) is 12.8. The highest BCUT2D eigenvalue weighted by Gasteiger charge is 2.05. The highest BCUT2D eigenvalue weighted by molar-refractivity contribution is 5.46. The van der Waals surface area contributed by atoms with Gasteiger partial charge in [0.2, 0.25) is 6.41 Å². The second kappa shape index (κ2) is 13.5. The summed E-state index contributed by atoms with van der Waals surface area (Å²) in [5.41, 5.74) is 0. The van der Waals surface area contributed by atoms with Gasteiger partial charge in [0.25, 0.3) is 0 Å². The molecule has 0 aromatic heterocycles. The number of likely N-dealkylation sites (tertiary alicyclic amines) is 1. The minimum Gasteiger partial charge on any atom is -0.397 e. The largest absolute Gasteiger partial charge is 0.397 e. The van der Waals surface area contributed by atoms with Crippen LogP contribution in [0.5, 0.6) is 0 Å². The van der Waals surface area contributed by atoms with Crippen molar-refractivity contribution >= 4 is 6.41 Å². The fourth-order valence-corrected chi connectivity index (χ4v) is 1.83. The number of piperidine rings is 2. The van der Waals surface area contributed by atoms with Crippen molar-refractivity contribution in [1.29, 1.82) is 0 Å². The van der Waals surface area contributed by atoms with E-state index in [9.17, 15) is 4.79 Å². The number of aliphatic hydroxyl groups excluding tert-OH is 1. The quantitative estimate of drug-likeness (QED) is 0.685. The van der Waals surface area contributed by atoms with Crippen LogP contribution in [0.1, 0.15) is 45.4 Å². The SMILES string of the molecule is C1CCNCC1.CCO.O=CN1CCCCC1. The van der Waals surface area contributed by atoms with Gasteiger partial charge in [-0.1, -0.05) is 6.42 Å². The van der Waals surface area contributed by atoms with E-state index in [4.69, 9.17) is 5.11 Å². The van der Waals surface area contributed by atoms with E-state index >= 15 is 0 Å². The Balaban J connectivity index is 0.000000252. The maximum Gasteiger partial charge on any atom is 0.209 e. The Bertz CT molecular complexity index is 144. The van der Waals surface area contributed by atoms with Crippen molar-refractivity contribution in [2.24, 2.45) is 0 Å². The highest BCUT2D eigenvalue weighted by Crippen LogP contribution is 2.05. The number of aliphatic hydroxyl groups is 1. The van der Waals surface area contributed by atoms with Gasteiger partial charge in [0, 0.05) is 19.7 Å². The molecule has 0 aromatic carbocycles. The van der Waals surface area contributed by atoms with Crippen LogP contribution in [0.4, 0.5) is 0 Å². The summed E-state index contributed by atoms with van der Waals surface area (Å²) in [6, 6.07) is 0. The van der Waals surface area contributed by atoms with Crippen LogP contribution in [0, 0.1) is 0 Å². The lowest BCUT2D eigenvalue weighted by molar-refractivity contribution is -0.118. The van der Waals surface area contributed by atoms with E-state index in [1.54, 1.807) is 6.92 Å². The number of hydrogen-bond donors (Lipinski definition) is 2. The Labute approximate surface area is 105 Å². The number of nitrogens with zero attached hydrogens (tertiary/aromatic N) is 1. The maximum atomic E-state index is 10.1. The summed E-state index contributed by atoms with van der Waals surface area (Å²) in [4.78, 5) is 11.9. The lowest BCUT2D eigenvalue weighted by Crippen LogP contribution is -2.27.